The number of carbonyl (C=O) groups excluding carboxylic acids is 1. The Morgan fingerprint density at radius 1 is 1.41 bits per heavy atom. The zero-order valence-electron chi connectivity index (χ0n) is 10.8. The second-order valence-corrected chi connectivity index (χ2v) is 5.20. The predicted octanol–water partition coefficient (Wildman–Crippen LogP) is 3.16. The highest BCUT2D eigenvalue weighted by Crippen LogP contribution is 2.29. The molecule has 2 heteroatoms. The number of nitrogens with zero attached hydrogens (tertiary/aromatic N) is 1. The van der Waals surface area contributed by atoms with E-state index in [2.05, 4.69) is 36.1 Å². The smallest absolute Gasteiger partial charge is 0.222 e. The molecule has 0 saturated carbocycles. The molecule has 2 aliphatic rings. The first-order chi connectivity index (χ1) is 8.31. The average molecular weight is 233 g/mol. The Labute approximate surface area is 104 Å². The van der Waals surface area contributed by atoms with E-state index in [-0.39, 0.29) is 0 Å². The van der Waals surface area contributed by atoms with E-state index in [1.807, 2.05) is 0 Å². The van der Waals surface area contributed by atoms with Crippen LogP contribution in [0.4, 0.5) is 0 Å². The van der Waals surface area contributed by atoms with E-state index in [0.29, 0.717) is 24.2 Å². The molecule has 1 aliphatic carbocycles. The Kier molecular flexibility index (Phi) is 4.41. The standard InChI is InChI=1S/C15H23NO/c1-2-7-15(17)16-11-6-10-14(12-16)13-8-4-3-5-9-13/h3-5,8,13-14H,2,6-7,9-12H2,1H3/t13?,14-/m0/s1. The van der Waals surface area contributed by atoms with Crippen LogP contribution in [0, 0.1) is 11.8 Å². The molecule has 94 valence electrons. The summed E-state index contributed by atoms with van der Waals surface area (Å²) < 4.78 is 0. The van der Waals surface area contributed by atoms with Gasteiger partial charge in [0.1, 0.15) is 0 Å². The highest BCUT2D eigenvalue weighted by atomic mass is 16.2. The Hall–Kier alpha value is -1.05. The zero-order valence-corrected chi connectivity index (χ0v) is 10.8. The fourth-order valence-corrected chi connectivity index (χ4v) is 2.91. The average Bonchev–Trinajstić information content (AvgIpc) is 2.40. The van der Waals surface area contributed by atoms with Gasteiger partial charge in [-0.3, -0.25) is 4.79 Å². The van der Waals surface area contributed by atoms with Crippen LogP contribution in [0.2, 0.25) is 0 Å². The summed E-state index contributed by atoms with van der Waals surface area (Å²) in [4.78, 5) is 14.0. The van der Waals surface area contributed by atoms with Gasteiger partial charge in [-0.25, -0.2) is 0 Å². The lowest BCUT2D eigenvalue weighted by Crippen LogP contribution is -2.41. The van der Waals surface area contributed by atoms with Crippen molar-refractivity contribution < 1.29 is 4.79 Å². The minimum absolute atomic E-state index is 0.354. The summed E-state index contributed by atoms with van der Waals surface area (Å²) in [7, 11) is 0. The van der Waals surface area contributed by atoms with Crippen LogP contribution in [-0.4, -0.2) is 23.9 Å². The second-order valence-electron chi connectivity index (χ2n) is 5.20. The molecular formula is C15H23NO. The fourth-order valence-electron chi connectivity index (χ4n) is 2.91. The first-order valence-corrected chi connectivity index (χ1v) is 6.92. The summed E-state index contributed by atoms with van der Waals surface area (Å²) in [6, 6.07) is 0. The number of allylic oxidation sites excluding steroid dienone is 4. The van der Waals surface area contributed by atoms with E-state index in [1.165, 1.54) is 12.8 Å². The molecule has 2 nitrogen and oxygen atoms in total. The Bertz CT molecular complexity index is 319. The largest absolute Gasteiger partial charge is 0.342 e. The molecule has 1 unspecified atom stereocenters. The molecule has 1 heterocycles. The first kappa shape index (κ1) is 12.4. The maximum Gasteiger partial charge on any atom is 0.222 e. The second kappa shape index (κ2) is 6.04. The van der Waals surface area contributed by atoms with Crippen LogP contribution in [-0.2, 0) is 4.79 Å². The summed E-state index contributed by atoms with van der Waals surface area (Å²) in [5.74, 6) is 1.68. The van der Waals surface area contributed by atoms with E-state index in [4.69, 9.17) is 0 Å². The topological polar surface area (TPSA) is 20.3 Å². The molecule has 1 aliphatic heterocycles. The molecule has 0 radical (unpaired) electrons. The van der Waals surface area contributed by atoms with E-state index >= 15 is 0 Å². The lowest BCUT2D eigenvalue weighted by atomic mass is 9.81. The molecule has 1 fully saturated rings. The van der Waals surface area contributed by atoms with Gasteiger partial charge < -0.3 is 4.90 Å². The van der Waals surface area contributed by atoms with E-state index in [9.17, 15) is 4.79 Å². The van der Waals surface area contributed by atoms with Crippen molar-refractivity contribution in [2.75, 3.05) is 13.1 Å². The number of likely N-dealkylation sites (tertiary alicyclic amines) is 1. The van der Waals surface area contributed by atoms with E-state index in [1.54, 1.807) is 0 Å². The molecule has 2 rings (SSSR count). The highest BCUT2D eigenvalue weighted by Gasteiger charge is 2.27. The molecular weight excluding hydrogens is 210 g/mol. The van der Waals surface area contributed by atoms with Gasteiger partial charge >= 0.3 is 0 Å². The quantitative estimate of drug-likeness (QED) is 0.733. The number of carbonyl (C=O) groups is 1. The van der Waals surface area contributed by atoms with Crippen molar-refractivity contribution in [1.29, 1.82) is 0 Å². The molecule has 0 aromatic carbocycles. The van der Waals surface area contributed by atoms with Crippen molar-refractivity contribution in [1.82, 2.24) is 4.90 Å². The van der Waals surface area contributed by atoms with Crippen LogP contribution in [0.25, 0.3) is 0 Å². The van der Waals surface area contributed by atoms with Gasteiger partial charge in [0.2, 0.25) is 5.91 Å². The normalized spacial score (nSPS) is 28.4. The van der Waals surface area contributed by atoms with E-state index < -0.39 is 0 Å². The molecule has 0 bridgehead atoms. The van der Waals surface area contributed by atoms with Gasteiger partial charge in [-0.05, 0) is 37.5 Å². The van der Waals surface area contributed by atoms with Gasteiger partial charge in [0.05, 0.1) is 0 Å². The van der Waals surface area contributed by atoms with Gasteiger partial charge in [-0.1, -0.05) is 31.2 Å². The van der Waals surface area contributed by atoms with Crippen LogP contribution >= 0.6 is 0 Å². The van der Waals surface area contributed by atoms with Gasteiger partial charge in [0.15, 0.2) is 0 Å². The molecule has 0 aromatic heterocycles. The van der Waals surface area contributed by atoms with E-state index in [0.717, 1.165) is 25.9 Å². The third-order valence-electron chi connectivity index (χ3n) is 3.89. The van der Waals surface area contributed by atoms with Gasteiger partial charge in [-0.15, -0.1) is 0 Å². The van der Waals surface area contributed by atoms with Gasteiger partial charge in [0.25, 0.3) is 0 Å². The third-order valence-corrected chi connectivity index (χ3v) is 3.89. The number of amides is 1. The minimum atomic E-state index is 0.354. The lowest BCUT2D eigenvalue weighted by Gasteiger charge is -2.36. The SMILES string of the molecule is CCCC(=O)N1CCC[C@H](C2C=CC=CC2)C1. The summed E-state index contributed by atoms with van der Waals surface area (Å²) in [5.41, 5.74) is 0. The summed E-state index contributed by atoms with van der Waals surface area (Å²) in [6.07, 6.45) is 14.1. The summed E-state index contributed by atoms with van der Waals surface area (Å²) >= 11 is 0. The molecule has 2 atom stereocenters. The first-order valence-electron chi connectivity index (χ1n) is 6.92. The molecule has 1 saturated heterocycles. The fraction of sp³-hybridized carbons (Fsp3) is 0.667. The van der Waals surface area contributed by atoms with Crippen molar-refractivity contribution >= 4 is 5.91 Å². The van der Waals surface area contributed by atoms with Crippen molar-refractivity contribution in [3.05, 3.63) is 24.3 Å². The third kappa shape index (κ3) is 3.21. The molecule has 0 aromatic rings. The maximum atomic E-state index is 11.9. The molecule has 0 spiro atoms. The lowest BCUT2D eigenvalue weighted by molar-refractivity contribution is -0.133. The number of hydrogen-bond donors (Lipinski definition) is 0. The number of rotatable bonds is 3. The summed E-state index contributed by atoms with van der Waals surface area (Å²) in [5, 5.41) is 0. The Morgan fingerprint density at radius 2 is 2.29 bits per heavy atom. The zero-order chi connectivity index (χ0) is 12.1. The molecule has 17 heavy (non-hydrogen) atoms. The number of hydrogen-bond acceptors (Lipinski definition) is 1. The Morgan fingerprint density at radius 3 is 3.00 bits per heavy atom. The highest BCUT2D eigenvalue weighted by molar-refractivity contribution is 5.76. The van der Waals surface area contributed by atoms with Crippen LogP contribution in [0.3, 0.4) is 0 Å². The molecule has 0 N–H and O–H groups in total. The van der Waals surface area contributed by atoms with Crippen molar-refractivity contribution in [2.45, 2.75) is 39.0 Å². The van der Waals surface area contributed by atoms with Crippen LogP contribution in [0.5, 0.6) is 0 Å². The number of piperidine rings is 1. The van der Waals surface area contributed by atoms with Crippen LogP contribution in [0.1, 0.15) is 39.0 Å². The van der Waals surface area contributed by atoms with Crippen LogP contribution in [0.15, 0.2) is 24.3 Å². The van der Waals surface area contributed by atoms with Crippen molar-refractivity contribution in [3.8, 4) is 0 Å². The molecule has 1 amide bonds. The van der Waals surface area contributed by atoms with Crippen LogP contribution < -0.4 is 0 Å². The van der Waals surface area contributed by atoms with Crippen molar-refractivity contribution in [3.63, 3.8) is 0 Å². The monoisotopic (exact) mass is 233 g/mol. The maximum absolute atomic E-state index is 11.9. The van der Waals surface area contributed by atoms with Crippen molar-refractivity contribution in [2.24, 2.45) is 11.8 Å². The minimum Gasteiger partial charge on any atom is -0.342 e. The summed E-state index contributed by atoms with van der Waals surface area (Å²) in [6.45, 7) is 4.03. The van der Waals surface area contributed by atoms with Gasteiger partial charge in [-0.2, -0.15) is 0 Å². The predicted molar refractivity (Wildman–Crippen MR) is 70.6 cm³/mol. The Balaban J connectivity index is 1.90. The van der Waals surface area contributed by atoms with Gasteiger partial charge in [0, 0.05) is 19.5 Å².